The van der Waals surface area contributed by atoms with Gasteiger partial charge in [-0.05, 0) is 72.4 Å². The Morgan fingerprint density at radius 2 is 1.92 bits per heavy atom. The SMILES string of the molecule is C/C(=C1/c2ccc(Cn3c(C4CCC4)nc4nc(F)ccc43)cc2COc2cc(F)ccc21)c1noc(=O)[nH]1. The Balaban J connectivity index is 1.35. The molecule has 3 aromatic heterocycles. The van der Waals surface area contributed by atoms with E-state index in [1.807, 2.05) is 19.1 Å². The highest BCUT2D eigenvalue weighted by Crippen LogP contribution is 2.41. The van der Waals surface area contributed by atoms with Crippen molar-refractivity contribution in [2.45, 2.75) is 45.3 Å². The van der Waals surface area contributed by atoms with Gasteiger partial charge in [0, 0.05) is 29.7 Å². The third-order valence-electron chi connectivity index (χ3n) is 7.63. The summed E-state index contributed by atoms with van der Waals surface area (Å²) in [6, 6.07) is 13.6. The first-order valence-electron chi connectivity index (χ1n) is 12.8. The Morgan fingerprint density at radius 3 is 2.69 bits per heavy atom. The van der Waals surface area contributed by atoms with E-state index in [0.29, 0.717) is 35.0 Å². The van der Waals surface area contributed by atoms with Crippen molar-refractivity contribution in [3.8, 4) is 5.75 Å². The average Bonchev–Trinajstić information content (AvgIpc) is 3.42. The standard InChI is InChI=1S/C29H23F2N5O3/c1-15(26-34-29(37)39-35-26)25-20-7-5-16(11-18(20)14-38-23-12-19(30)6-8-21(23)25)13-36-22-9-10-24(31)32-27(22)33-28(36)17-3-2-4-17/h5-12,17H,2-4,13-14H2,1H3,(H,34,35,37)/b25-15+. The van der Waals surface area contributed by atoms with E-state index in [-0.39, 0.29) is 12.4 Å². The number of hydrogen-bond acceptors (Lipinski definition) is 6. The Morgan fingerprint density at radius 1 is 1.08 bits per heavy atom. The van der Waals surface area contributed by atoms with Gasteiger partial charge in [-0.3, -0.25) is 9.51 Å². The number of ether oxygens (including phenoxy) is 1. The molecule has 0 atom stereocenters. The van der Waals surface area contributed by atoms with Crippen LogP contribution in [0.2, 0.25) is 0 Å². The number of fused-ring (bicyclic) bond motifs is 3. The van der Waals surface area contributed by atoms with Crippen molar-refractivity contribution >= 4 is 22.3 Å². The number of pyridine rings is 1. The number of halogens is 2. The van der Waals surface area contributed by atoms with E-state index in [1.165, 1.54) is 18.2 Å². The Labute approximate surface area is 221 Å². The van der Waals surface area contributed by atoms with E-state index in [4.69, 9.17) is 14.2 Å². The van der Waals surface area contributed by atoms with E-state index < -0.39 is 17.5 Å². The monoisotopic (exact) mass is 527 g/mol. The number of aromatic amines is 1. The van der Waals surface area contributed by atoms with Crippen LogP contribution in [0.4, 0.5) is 8.78 Å². The summed E-state index contributed by atoms with van der Waals surface area (Å²) in [6.07, 6.45) is 3.25. The van der Waals surface area contributed by atoms with Crippen LogP contribution in [-0.4, -0.2) is 24.7 Å². The average molecular weight is 528 g/mol. The van der Waals surface area contributed by atoms with Crippen LogP contribution < -0.4 is 10.5 Å². The van der Waals surface area contributed by atoms with Gasteiger partial charge in [-0.1, -0.05) is 23.7 Å². The van der Waals surface area contributed by atoms with Crippen LogP contribution in [0, 0.1) is 11.8 Å². The largest absolute Gasteiger partial charge is 0.488 e. The number of imidazole rings is 1. The first-order chi connectivity index (χ1) is 18.9. The summed E-state index contributed by atoms with van der Waals surface area (Å²) in [4.78, 5) is 23.0. The zero-order valence-corrected chi connectivity index (χ0v) is 21.0. The predicted octanol–water partition coefficient (Wildman–Crippen LogP) is 5.57. The number of aromatic nitrogens is 5. The van der Waals surface area contributed by atoms with Crippen molar-refractivity contribution in [2.75, 3.05) is 0 Å². The molecule has 0 radical (unpaired) electrons. The molecule has 196 valence electrons. The van der Waals surface area contributed by atoms with Gasteiger partial charge < -0.3 is 9.30 Å². The summed E-state index contributed by atoms with van der Waals surface area (Å²) < 4.78 is 41.0. The van der Waals surface area contributed by atoms with Crippen LogP contribution in [0.25, 0.3) is 22.3 Å². The molecule has 5 aromatic rings. The summed E-state index contributed by atoms with van der Waals surface area (Å²) in [5, 5.41) is 3.87. The van der Waals surface area contributed by atoms with Gasteiger partial charge in [0.25, 0.3) is 0 Å². The van der Waals surface area contributed by atoms with Crippen molar-refractivity contribution in [3.05, 3.63) is 105 Å². The van der Waals surface area contributed by atoms with Gasteiger partial charge in [-0.2, -0.15) is 9.37 Å². The lowest BCUT2D eigenvalue weighted by molar-refractivity contribution is 0.305. The molecule has 0 amide bonds. The fourth-order valence-electron chi connectivity index (χ4n) is 5.48. The fraction of sp³-hybridized carbons (Fsp3) is 0.241. The van der Waals surface area contributed by atoms with Crippen LogP contribution in [0.5, 0.6) is 5.75 Å². The molecular weight excluding hydrogens is 504 g/mol. The molecule has 0 unspecified atom stereocenters. The molecule has 8 nitrogen and oxygen atoms in total. The van der Waals surface area contributed by atoms with Gasteiger partial charge in [0.15, 0.2) is 11.5 Å². The first-order valence-corrected chi connectivity index (χ1v) is 12.8. The third-order valence-corrected chi connectivity index (χ3v) is 7.63. The van der Waals surface area contributed by atoms with Crippen molar-refractivity contribution in [1.82, 2.24) is 24.7 Å². The molecule has 1 aliphatic carbocycles. The minimum atomic E-state index is -0.658. The zero-order valence-electron chi connectivity index (χ0n) is 21.0. The fourth-order valence-corrected chi connectivity index (χ4v) is 5.48. The third kappa shape index (κ3) is 4.03. The normalized spacial score (nSPS) is 16.3. The number of nitrogens with zero attached hydrogens (tertiary/aromatic N) is 4. The van der Waals surface area contributed by atoms with Crippen molar-refractivity contribution in [2.24, 2.45) is 0 Å². The summed E-state index contributed by atoms with van der Waals surface area (Å²) in [7, 11) is 0. The predicted molar refractivity (Wildman–Crippen MR) is 139 cm³/mol. The molecular formula is C29H23F2N5O3. The van der Waals surface area contributed by atoms with Crippen LogP contribution >= 0.6 is 0 Å². The summed E-state index contributed by atoms with van der Waals surface area (Å²) in [6.45, 7) is 2.58. The highest BCUT2D eigenvalue weighted by molar-refractivity contribution is 5.99. The van der Waals surface area contributed by atoms with Crippen LogP contribution in [0.1, 0.15) is 66.0 Å². The molecule has 0 saturated heterocycles. The molecule has 4 heterocycles. The minimum Gasteiger partial charge on any atom is -0.488 e. The number of H-pyrrole nitrogens is 1. The van der Waals surface area contributed by atoms with E-state index >= 15 is 0 Å². The maximum Gasteiger partial charge on any atom is 0.439 e. The molecule has 1 fully saturated rings. The van der Waals surface area contributed by atoms with E-state index in [2.05, 4.69) is 25.8 Å². The maximum atomic E-state index is 14.2. The molecule has 39 heavy (non-hydrogen) atoms. The zero-order chi connectivity index (χ0) is 26.7. The molecule has 10 heteroatoms. The molecule has 2 aromatic carbocycles. The lowest BCUT2D eigenvalue weighted by Gasteiger charge is -2.25. The second kappa shape index (κ2) is 9.00. The number of nitrogens with one attached hydrogen (secondary N) is 1. The van der Waals surface area contributed by atoms with E-state index in [0.717, 1.165) is 52.9 Å². The Kier molecular flexibility index (Phi) is 5.43. The van der Waals surface area contributed by atoms with Crippen molar-refractivity contribution < 1.29 is 18.0 Å². The lowest BCUT2D eigenvalue weighted by atomic mass is 9.84. The van der Waals surface area contributed by atoms with Crippen LogP contribution in [0.15, 0.2) is 57.8 Å². The summed E-state index contributed by atoms with van der Waals surface area (Å²) in [5.41, 5.74) is 6.09. The van der Waals surface area contributed by atoms with E-state index in [1.54, 1.807) is 12.1 Å². The van der Waals surface area contributed by atoms with Gasteiger partial charge in [0.1, 0.15) is 24.0 Å². The molecule has 1 aliphatic heterocycles. The van der Waals surface area contributed by atoms with Crippen molar-refractivity contribution in [1.29, 1.82) is 0 Å². The van der Waals surface area contributed by atoms with Gasteiger partial charge in [0.2, 0.25) is 5.95 Å². The summed E-state index contributed by atoms with van der Waals surface area (Å²) >= 11 is 0. The van der Waals surface area contributed by atoms with Gasteiger partial charge in [0.05, 0.1) is 5.52 Å². The number of hydrogen-bond donors (Lipinski definition) is 1. The Bertz CT molecular complexity index is 1850. The second-order valence-corrected chi connectivity index (χ2v) is 10.0. The highest BCUT2D eigenvalue weighted by atomic mass is 19.1. The number of benzene rings is 2. The molecule has 0 bridgehead atoms. The minimum absolute atomic E-state index is 0.221. The highest BCUT2D eigenvalue weighted by Gasteiger charge is 2.27. The first kappa shape index (κ1) is 23.5. The van der Waals surface area contributed by atoms with Gasteiger partial charge in [-0.15, -0.1) is 0 Å². The number of allylic oxidation sites excluding steroid dienone is 1. The quantitative estimate of drug-likeness (QED) is 0.307. The van der Waals surface area contributed by atoms with Crippen LogP contribution in [-0.2, 0) is 13.2 Å². The molecule has 0 spiro atoms. The molecule has 2 aliphatic rings. The molecule has 7 rings (SSSR count). The van der Waals surface area contributed by atoms with E-state index in [9.17, 15) is 13.6 Å². The van der Waals surface area contributed by atoms with Gasteiger partial charge >= 0.3 is 5.76 Å². The second-order valence-electron chi connectivity index (χ2n) is 10.0. The molecule has 1 N–H and O–H groups in total. The van der Waals surface area contributed by atoms with Gasteiger partial charge in [-0.25, -0.2) is 14.2 Å². The summed E-state index contributed by atoms with van der Waals surface area (Å²) in [5.74, 6) is 0.327. The smallest absolute Gasteiger partial charge is 0.439 e. The number of rotatable bonds is 4. The van der Waals surface area contributed by atoms with Crippen LogP contribution in [0.3, 0.4) is 0 Å². The lowest BCUT2D eigenvalue weighted by Crippen LogP contribution is -2.16. The van der Waals surface area contributed by atoms with Crippen molar-refractivity contribution in [3.63, 3.8) is 0 Å². The topological polar surface area (TPSA) is 98.8 Å². The molecule has 1 saturated carbocycles. The Hall–Kier alpha value is -4.60. The maximum absolute atomic E-state index is 14.2.